The van der Waals surface area contributed by atoms with Gasteiger partial charge in [0.25, 0.3) is 0 Å². The van der Waals surface area contributed by atoms with Crippen LogP contribution in [0.25, 0.3) is 21.9 Å². The molecule has 1 aliphatic rings. The van der Waals surface area contributed by atoms with Crippen LogP contribution in [-0.2, 0) is 7.05 Å². The summed E-state index contributed by atoms with van der Waals surface area (Å²) in [6.45, 7) is 0. The van der Waals surface area contributed by atoms with Crippen LogP contribution in [0.4, 0.5) is 5.82 Å². The first-order valence-corrected chi connectivity index (χ1v) is 9.53. The van der Waals surface area contributed by atoms with Crippen LogP contribution in [0.1, 0.15) is 30.0 Å². The molecule has 1 fully saturated rings. The molecule has 0 bridgehead atoms. The topological polar surface area (TPSA) is 89.8 Å². The highest BCUT2D eigenvalue weighted by molar-refractivity contribution is 5.94. The monoisotopic (exact) mass is 381 g/mol. The van der Waals surface area contributed by atoms with E-state index in [-0.39, 0.29) is 0 Å². The van der Waals surface area contributed by atoms with Gasteiger partial charge in [-0.25, -0.2) is 9.67 Å². The van der Waals surface area contributed by atoms with Crippen LogP contribution < -0.4 is 10.5 Å². The summed E-state index contributed by atoms with van der Waals surface area (Å²) in [5, 5.41) is 15.8. The molecule has 0 amide bonds. The Labute approximate surface area is 168 Å². The van der Waals surface area contributed by atoms with Gasteiger partial charge in [0.1, 0.15) is 11.6 Å². The number of ether oxygens (including phenoxy) is 1. The van der Waals surface area contributed by atoms with E-state index in [1.165, 1.54) is 12.8 Å². The number of benzene rings is 2. The average molecular weight is 381 g/mol. The number of fused-ring (bicyclic) bond motifs is 1. The Balaban J connectivity index is 1.60. The zero-order valence-electron chi connectivity index (χ0n) is 16.0. The van der Waals surface area contributed by atoms with E-state index in [4.69, 9.17) is 10.5 Å². The molecule has 5 rings (SSSR count). The van der Waals surface area contributed by atoms with E-state index in [9.17, 15) is 5.26 Å². The highest BCUT2D eigenvalue weighted by Gasteiger charge is 2.27. The first-order valence-electron chi connectivity index (χ1n) is 9.53. The molecule has 2 N–H and O–H groups in total. The fourth-order valence-electron chi connectivity index (χ4n) is 3.53. The molecule has 1 saturated carbocycles. The van der Waals surface area contributed by atoms with Gasteiger partial charge in [-0.2, -0.15) is 10.4 Å². The van der Waals surface area contributed by atoms with Gasteiger partial charge >= 0.3 is 0 Å². The second-order valence-electron chi connectivity index (χ2n) is 7.36. The fraction of sp³-hybridized carbons (Fsp3) is 0.174. The number of rotatable bonds is 4. The molecule has 0 atom stereocenters. The van der Waals surface area contributed by atoms with Crippen LogP contribution in [0.15, 0.2) is 54.7 Å². The molecule has 1 aliphatic carbocycles. The van der Waals surface area contributed by atoms with Crippen molar-refractivity contribution in [2.24, 2.45) is 7.05 Å². The molecular weight excluding hydrogens is 362 g/mol. The number of nitrogen functional groups attached to an aromatic ring is 1. The van der Waals surface area contributed by atoms with Crippen molar-refractivity contribution in [3.63, 3.8) is 0 Å². The van der Waals surface area contributed by atoms with E-state index in [1.54, 1.807) is 23.0 Å². The molecule has 0 spiro atoms. The summed E-state index contributed by atoms with van der Waals surface area (Å²) in [6.07, 6.45) is 4.06. The molecule has 2 aromatic heterocycles. The van der Waals surface area contributed by atoms with Crippen LogP contribution in [0.2, 0.25) is 0 Å². The number of hydrogen-bond acceptors (Lipinski definition) is 5. The minimum absolute atomic E-state index is 0.487. The van der Waals surface area contributed by atoms with Crippen molar-refractivity contribution in [2.45, 2.75) is 18.8 Å². The molecular formula is C23H19N5O. The van der Waals surface area contributed by atoms with Gasteiger partial charge in [-0.15, -0.1) is 0 Å². The van der Waals surface area contributed by atoms with Crippen molar-refractivity contribution >= 4 is 16.6 Å². The highest BCUT2D eigenvalue weighted by atomic mass is 16.5. The third kappa shape index (κ3) is 3.17. The van der Waals surface area contributed by atoms with Gasteiger partial charge < -0.3 is 10.5 Å². The molecule has 6 nitrogen and oxygen atoms in total. The Kier molecular flexibility index (Phi) is 3.95. The molecule has 6 heteroatoms. The van der Waals surface area contributed by atoms with Gasteiger partial charge in [-0.3, -0.25) is 0 Å². The zero-order chi connectivity index (χ0) is 20.0. The lowest BCUT2D eigenvalue weighted by Crippen LogP contribution is -1.97. The smallest absolute Gasteiger partial charge is 0.217 e. The van der Waals surface area contributed by atoms with Crippen LogP contribution in [0, 0.1) is 11.3 Å². The minimum Gasteiger partial charge on any atom is -0.439 e. The van der Waals surface area contributed by atoms with Crippen LogP contribution >= 0.6 is 0 Å². The number of pyridine rings is 1. The molecule has 4 aromatic rings. The molecule has 0 unspecified atom stereocenters. The summed E-state index contributed by atoms with van der Waals surface area (Å²) < 4.78 is 7.99. The first kappa shape index (κ1) is 17.3. The van der Waals surface area contributed by atoms with Gasteiger partial charge in [0.05, 0.1) is 17.3 Å². The van der Waals surface area contributed by atoms with E-state index in [0.29, 0.717) is 28.9 Å². The lowest BCUT2D eigenvalue weighted by molar-refractivity contribution is 0.432. The van der Waals surface area contributed by atoms with E-state index >= 15 is 0 Å². The zero-order valence-corrected chi connectivity index (χ0v) is 16.0. The molecule has 0 saturated heterocycles. The molecule has 29 heavy (non-hydrogen) atoms. The number of aromatic nitrogens is 3. The van der Waals surface area contributed by atoms with Crippen LogP contribution in [0.3, 0.4) is 0 Å². The van der Waals surface area contributed by atoms with Gasteiger partial charge in [0.2, 0.25) is 5.88 Å². The summed E-state index contributed by atoms with van der Waals surface area (Å²) in [5.41, 5.74) is 9.49. The number of nitriles is 1. The van der Waals surface area contributed by atoms with Crippen molar-refractivity contribution < 1.29 is 4.74 Å². The molecule has 142 valence electrons. The Bertz CT molecular complexity index is 1280. The maximum atomic E-state index is 9.36. The predicted molar refractivity (Wildman–Crippen MR) is 112 cm³/mol. The SMILES string of the molecule is Cn1nc(C2CC2)cc1Oc1cc(C#N)ccc1-c1ccc2ccnc(N)c2c1. The van der Waals surface area contributed by atoms with E-state index in [2.05, 4.69) is 16.2 Å². The number of nitrogens with two attached hydrogens (primary N) is 1. The quantitative estimate of drug-likeness (QED) is 0.550. The van der Waals surface area contributed by atoms with Crippen LogP contribution in [0.5, 0.6) is 11.6 Å². The van der Waals surface area contributed by atoms with E-state index in [1.807, 2.05) is 43.4 Å². The second kappa shape index (κ2) is 6.64. The maximum absolute atomic E-state index is 9.36. The first-order chi connectivity index (χ1) is 14.1. The average Bonchev–Trinajstić information content (AvgIpc) is 3.52. The molecule has 0 radical (unpaired) electrons. The molecule has 2 heterocycles. The van der Waals surface area contributed by atoms with Crippen molar-refractivity contribution in [3.05, 3.63) is 66.0 Å². The summed E-state index contributed by atoms with van der Waals surface area (Å²) in [6, 6.07) is 17.6. The Morgan fingerprint density at radius 3 is 2.79 bits per heavy atom. The Morgan fingerprint density at radius 2 is 2.00 bits per heavy atom. The third-order valence-electron chi connectivity index (χ3n) is 5.28. The highest BCUT2D eigenvalue weighted by Crippen LogP contribution is 2.42. The lowest BCUT2D eigenvalue weighted by Gasteiger charge is -2.13. The fourth-order valence-corrected chi connectivity index (χ4v) is 3.53. The number of aryl methyl sites for hydroxylation is 1. The van der Waals surface area contributed by atoms with Gasteiger partial charge in [-0.05, 0) is 54.1 Å². The standard InChI is InChI=1S/C23H19N5O/c1-28-22(12-20(27-28)16-4-5-16)29-21-10-14(13-24)2-7-18(21)17-6-3-15-8-9-26-23(25)19(15)11-17/h2-3,6-12,16H,4-5H2,1H3,(H2,25,26). The summed E-state index contributed by atoms with van der Waals surface area (Å²) in [5.74, 6) is 2.29. The van der Waals surface area contributed by atoms with Gasteiger partial charge in [0.15, 0.2) is 0 Å². The molecule has 2 aromatic carbocycles. The summed E-state index contributed by atoms with van der Waals surface area (Å²) in [7, 11) is 1.87. The Morgan fingerprint density at radius 1 is 1.14 bits per heavy atom. The molecule has 0 aliphatic heterocycles. The normalized spacial score (nSPS) is 13.4. The lowest BCUT2D eigenvalue weighted by atomic mass is 10.00. The maximum Gasteiger partial charge on any atom is 0.217 e. The van der Waals surface area contributed by atoms with E-state index in [0.717, 1.165) is 27.6 Å². The third-order valence-corrected chi connectivity index (χ3v) is 5.28. The second-order valence-corrected chi connectivity index (χ2v) is 7.36. The predicted octanol–water partition coefficient (Wildman–Crippen LogP) is 4.76. The number of anilines is 1. The van der Waals surface area contributed by atoms with Gasteiger partial charge in [-0.1, -0.05) is 12.1 Å². The summed E-state index contributed by atoms with van der Waals surface area (Å²) >= 11 is 0. The number of nitrogens with zero attached hydrogens (tertiary/aromatic N) is 4. The summed E-state index contributed by atoms with van der Waals surface area (Å²) in [4.78, 5) is 4.19. The van der Waals surface area contributed by atoms with Crippen molar-refractivity contribution in [1.82, 2.24) is 14.8 Å². The largest absolute Gasteiger partial charge is 0.439 e. The van der Waals surface area contributed by atoms with Crippen molar-refractivity contribution in [3.8, 4) is 28.8 Å². The minimum atomic E-state index is 0.487. The van der Waals surface area contributed by atoms with Crippen molar-refractivity contribution in [2.75, 3.05) is 5.73 Å². The van der Waals surface area contributed by atoms with E-state index < -0.39 is 0 Å². The Hall–Kier alpha value is -3.85. The number of hydrogen-bond donors (Lipinski definition) is 1. The van der Waals surface area contributed by atoms with Crippen molar-refractivity contribution in [1.29, 1.82) is 5.26 Å². The van der Waals surface area contributed by atoms with Gasteiger partial charge in [0, 0.05) is 36.2 Å². The van der Waals surface area contributed by atoms with Crippen LogP contribution in [-0.4, -0.2) is 14.8 Å².